The number of aliphatic hydroxyl groups excluding tert-OH is 2. The molecule has 2 aliphatic heterocycles. The maximum Gasteiger partial charge on any atom is 0.224 e. The van der Waals surface area contributed by atoms with Crippen molar-refractivity contribution in [2.75, 3.05) is 24.4 Å². The van der Waals surface area contributed by atoms with E-state index >= 15 is 0 Å². The smallest absolute Gasteiger partial charge is 0.224 e. The molecular weight excluding hydrogens is 290 g/mol. The summed E-state index contributed by atoms with van der Waals surface area (Å²) in [5.41, 5.74) is 10.2. The zero-order valence-electron chi connectivity index (χ0n) is 11.8. The molecule has 0 aromatic carbocycles. The van der Waals surface area contributed by atoms with Gasteiger partial charge < -0.3 is 25.3 Å². The molecule has 0 radical (unpaired) electrons. The molecule has 3 unspecified atom stereocenters. The fourth-order valence-electron chi connectivity index (χ4n) is 3.06. The molecular formula is C13H17N5O4. The highest BCUT2D eigenvalue weighted by Gasteiger charge is 2.36. The average Bonchev–Trinajstić information content (AvgIpc) is 2.96. The summed E-state index contributed by atoms with van der Waals surface area (Å²) < 4.78 is 7.56. The topological polar surface area (TPSA) is 128 Å². The Morgan fingerprint density at radius 3 is 3.09 bits per heavy atom. The van der Waals surface area contributed by atoms with Gasteiger partial charge in [-0.15, -0.1) is 0 Å². The highest BCUT2D eigenvalue weighted by molar-refractivity contribution is 5.92. The van der Waals surface area contributed by atoms with E-state index in [-0.39, 0.29) is 12.6 Å². The molecule has 1 saturated heterocycles. The number of aliphatic hydroxyl groups is 2. The van der Waals surface area contributed by atoms with Crippen LogP contribution in [0.25, 0.3) is 11.0 Å². The number of aromatic nitrogens is 3. The molecule has 2 aromatic heterocycles. The predicted molar refractivity (Wildman–Crippen MR) is 76.8 cm³/mol. The third-order valence-electron chi connectivity index (χ3n) is 4.10. The molecule has 9 heteroatoms. The van der Waals surface area contributed by atoms with Crippen LogP contribution in [-0.4, -0.2) is 50.2 Å². The van der Waals surface area contributed by atoms with Crippen LogP contribution >= 0.6 is 0 Å². The number of anilines is 2. The molecule has 2 aliphatic rings. The average molecular weight is 307 g/mol. The lowest BCUT2D eigenvalue weighted by molar-refractivity contribution is -0.0430. The molecule has 4 rings (SSSR count). The molecule has 118 valence electrons. The zero-order chi connectivity index (χ0) is 15.3. The van der Waals surface area contributed by atoms with Crippen molar-refractivity contribution in [3.05, 3.63) is 11.8 Å². The van der Waals surface area contributed by atoms with Crippen LogP contribution in [0.15, 0.2) is 6.20 Å². The quantitative estimate of drug-likeness (QED) is 0.587. The van der Waals surface area contributed by atoms with Crippen molar-refractivity contribution in [3.8, 4) is 0 Å². The molecule has 3 atom stereocenters. The summed E-state index contributed by atoms with van der Waals surface area (Å²) in [5.74, 6) is 0.662. The number of rotatable bonds is 2. The van der Waals surface area contributed by atoms with E-state index in [0.717, 1.165) is 10.9 Å². The molecule has 0 bridgehead atoms. The van der Waals surface area contributed by atoms with Gasteiger partial charge in [0.25, 0.3) is 0 Å². The van der Waals surface area contributed by atoms with E-state index in [1.165, 1.54) is 0 Å². The van der Waals surface area contributed by atoms with Crippen molar-refractivity contribution in [1.82, 2.24) is 14.5 Å². The van der Waals surface area contributed by atoms with Crippen molar-refractivity contribution >= 4 is 22.8 Å². The van der Waals surface area contributed by atoms with Gasteiger partial charge in [0.1, 0.15) is 18.0 Å². The van der Waals surface area contributed by atoms with Gasteiger partial charge in [-0.2, -0.15) is 9.97 Å². The summed E-state index contributed by atoms with van der Waals surface area (Å²) in [6.45, 7) is 0.282. The first-order chi connectivity index (χ1) is 10.7. The summed E-state index contributed by atoms with van der Waals surface area (Å²) in [4.78, 5) is 13.8. The standard InChI is InChI=1S/C13H17N5O4/c14-13-15-11-10-6(1-2-21-17-11)4-18(12(10)16-13)9-3-7(20)8(5-19)22-9/h4,7-9,19-20H,1-3,5H2,(H3,14,15,16,17). The van der Waals surface area contributed by atoms with Crippen molar-refractivity contribution in [2.24, 2.45) is 0 Å². The Balaban J connectivity index is 1.84. The maximum atomic E-state index is 9.94. The van der Waals surface area contributed by atoms with E-state index in [1.54, 1.807) is 0 Å². The fourth-order valence-corrected chi connectivity index (χ4v) is 3.06. The Bertz CT molecular complexity index is 718. The highest BCUT2D eigenvalue weighted by atomic mass is 16.6. The first-order valence-corrected chi connectivity index (χ1v) is 7.16. The van der Waals surface area contributed by atoms with Gasteiger partial charge in [-0.3, -0.25) is 4.84 Å². The number of hydrogen-bond donors (Lipinski definition) is 4. The number of nitrogens with one attached hydrogen (secondary N) is 1. The maximum absolute atomic E-state index is 9.94. The molecule has 1 fully saturated rings. The van der Waals surface area contributed by atoms with Crippen LogP contribution in [0.1, 0.15) is 18.2 Å². The first-order valence-electron chi connectivity index (χ1n) is 7.16. The van der Waals surface area contributed by atoms with E-state index in [2.05, 4.69) is 15.4 Å². The minimum atomic E-state index is -0.705. The van der Waals surface area contributed by atoms with Gasteiger partial charge >= 0.3 is 0 Å². The molecule has 9 nitrogen and oxygen atoms in total. The Labute approximate surface area is 125 Å². The van der Waals surface area contributed by atoms with E-state index in [0.29, 0.717) is 30.9 Å². The number of nitrogens with zero attached hydrogens (tertiary/aromatic N) is 3. The Morgan fingerprint density at radius 1 is 1.45 bits per heavy atom. The van der Waals surface area contributed by atoms with Gasteiger partial charge in [0.05, 0.1) is 24.7 Å². The second-order valence-corrected chi connectivity index (χ2v) is 5.51. The number of nitrogens with two attached hydrogens (primary N) is 1. The molecule has 4 heterocycles. The minimum absolute atomic E-state index is 0.128. The lowest BCUT2D eigenvalue weighted by Crippen LogP contribution is -2.24. The van der Waals surface area contributed by atoms with Crippen LogP contribution in [0.5, 0.6) is 0 Å². The minimum Gasteiger partial charge on any atom is -0.394 e. The molecule has 0 spiro atoms. The number of nitrogen functional groups attached to an aromatic ring is 1. The van der Waals surface area contributed by atoms with Crippen molar-refractivity contribution in [1.29, 1.82) is 0 Å². The van der Waals surface area contributed by atoms with Gasteiger partial charge in [-0.05, 0) is 5.56 Å². The molecule has 5 N–H and O–H groups in total. The highest BCUT2D eigenvalue weighted by Crippen LogP contribution is 2.36. The number of hydrogen-bond acceptors (Lipinski definition) is 8. The third-order valence-corrected chi connectivity index (χ3v) is 4.10. The SMILES string of the molecule is Nc1nc2c3c(cn(C4CC(O)C(CO)O4)c3n1)CCON2. The van der Waals surface area contributed by atoms with E-state index in [9.17, 15) is 10.2 Å². The molecule has 0 saturated carbocycles. The van der Waals surface area contributed by atoms with Gasteiger partial charge in [0.15, 0.2) is 5.82 Å². The van der Waals surface area contributed by atoms with Crippen molar-refractivity contribution in [2.45, 2.75) is 31.3 Å². The van der Waals surface area contributed by atoms with Gasteiger partial charge in [0.2, 0.25) is 5.95 Å². The monoisotopic (exact) mass is 307 g/mol. The lowest BCUT2D eigenvalue weighted by Gasteiger charge is -2.15. The predicted octanol–water partition coefficient (Wildman–Crippen LogP) is -0.446. The lowest BCUT2D eigenvalue weighted by atomic mass is 10.2. The van der Waals surface area contributed by atoms with Gasteiger partial charge in [0, 0.05) is 19.0 Å². The second-order valence-electron chi connectivity index (χ2n) is 5.51. The fraction of sp³-hybridized carbons (Fsp3) is 0.538. The zero-order valence-corrected chi connectivity index (χ0v) is 11.8. The van der Waals surface area contributed by atoms with Crippen LogP contribution < -0.4 is 11.2 Å². The Hall–Kier alpha value is -1.94. The summed E-state index contributed by atoms with van der Waals surface area (Å²) in [7, 11) is 0. The summed E-state index contributed by atoms with van der Waals surface area (Å²) in [5, 5.41) is 20.0. The summed E-state index contributed by atoms with van der Waals surface area (Å²) >= 11 is 0. The molecule has 2 aromatic rings. The van der Waals surface area contributed by atoms with Crippen LogP contribution in [-0.2, 0) is 16.0 Å². The Morgan fingerprint density at radius 2 is 2.32 bits per heavy atom. The van der Waals surface area contributed by atoms with Gasteiger partial charge in [-0.25, -0.2) is 5.48 Å². The van der Waals surface area contributed by atoms with Crippen LogP contribution in [0.4, 0.5) is 11.8 Å². The van der Waals surface area contributed by atoms with Crippen molar-refractivity contribution < 1.29 is 19.8 Å². The summed E-state index contributed by atoms with van der Waals surface area (Å²) in [6, 6.07) is 0. The first kappa shape index (κ1) is 13.7. The second kappa shape index (κ2) is 5.06. The van der Waals surface area contributed by atoms with E-state index in [1.807, 2.05) is 10.8 Å². The Kier molecular flexibility index (Phi) is 3.15. The van der Waals surface area contributed by atoms with E-state index < -0.39 is 18.4 Å². The number of ether oxygens (including phenoxy) is 1. The van der Waals surface area contributed by atoms with Crippen LogP contribution in [0.2, 0.25) is 0 Å². The largest absolute Gasteiger partial charge is 0.394 e. The van der Waals surface area contributed by atoms with Gasteiger partial charge in [-0.1, -0.05) is 0 Å². The summed E-state index contributed by atoms with van der Waals surface area (Å²) in [6.07, 6.45) is 1.33. The third kappa shape index (κ3) is 2.02. The molecule has 0 aliphatic carbocycles. The molecule has 0 amide bonds. The van der Waals surface area contributed by atoms with Crippen LogP contribution in [0.3, 0.4) is 0 Å². The normalized spacial score (nSPS) is 27.8. The van der Waals surface area contributed by atoms with Crippen LogP contribution in [0, 0.1) is 0 Å². The van der Waals surface area contributed by atoms with Crippen molar-refractivity contribution in [3.63, 3.8) is 0 Å². The molecule has 22 heavy (non-hydrogen) atoms. The van der Waals surface area contributed by atoms with E-state index in [4.69, 9.17) is 15.3 Å².